The molecule has 5 nitrogen and oxygen atoms in total. The van der Waals surface area contributed by atoms with Gasteiger partial charge in [0.2, 0.25) is 5.91 Å². The molecule has 2 heterocycles. The van der Waals surface area contributed by atoms with Crippen LogP contribution in [0.2, 0.25) is 0 Å². The van der Waals surface area contributed by atoms with Gasteiger partial charge in [-0.25, -0.2) is 4.98 Å². The highest BCUT2D eigenvalue weighted by Crippen LogP contribution is 2.39. The molecule has 0 aromatic carbocycles. The Bertz CT molecular complexity index is 816. The first-order valence-corrected chi connectivity index (χ1v) is 10.3. The summed E-state index contributed by atoms with van der Waals surface area (Å²) in [6.45, 7) is 7.62. The maximum atomic E-state index is 12.0. The molecule has 1 fully saturated rings. The van der Waals surface area contributed by atoms with Crippen molar-refractivity contribution in [2.45, 2.75) is 46.5 Å². The fourth-order valence-electron chi connectivity index (χ4n) is 4.46. The van der Waals surface area contributed by atoms with Gasteiger partial charge in [0, 0.05) is 25.1 Å². The molecule has 4 rings (SSSR count). The van der Waals surface area contributed by atoms with E-state index in [4.69, 9.17) is 4.98 Å². The van der Waals surface area contributed by atoms with Gasteiger partial charge >= 0.3 is 0 Å². The largest absolute Gasteiger partial charge is 0.355 e. The lowest BCUT2D eigenvalue weighted by molar-refractivity contribution is -0.122. The highest BCUT2D eigenvalue weighted by molar-refractivity contribution is 5.80. The smallest absolute Gasteiger partial charge is 0.223 e. The van der Waals surface area contributed by atoms with Crippen molar-refractivity contribution in [1.29, 1.82) is 0 Å². The summed E-state index contributed by atoms with van der Waals surface area (Å²) in [5.74, 6) is 3.70. The molecule has 0 saturated heterocycles. The van der Waals surface area contributed by atoms with Gasteiger partial charge in [0.25, 0.3) is 0 Å². The summed E-state index contributed by atoms with van der Waals surface area (Å²) in [6.07, 6.45) is 10.2. The van der Waals surface area contributed by atoms with Crippen molar-refractivity contribution in [2.24, 2.45) is 29.6 Å². The zero-order chi connectivity index (χ0) is 19.0. The molecule has 1 saturated carbocycles. The number of imidazole rings is 1. The van der Waals surface area contributed by atoms with E-state index in [0.717, 1.165) is 49.1 Å². The molecule has 0 bridgehead atoms. The third kappa shape index (κ3) is 4.07. The summed E-state index contributed by atoms with van der Waals surface area (Å²) in [6, 6.07) is 1.95. The van der Waals surface area contributed by atoms with Gasteiger partial charge in [-0.1, -0.05) is 25.5 Å². The van der Waals surface area contributed by atoms with Gasteiger partial charge in [0.15, 0.2) is 0 Å². The molecule has 2 aromatic heterocycles. The number of nitrogens with one attached hydrogen (secondary N) is 2. The third-order valence-corrected chi connectivity index (χ3v) is 6.32. The molecule has 2 aromatic rings. The number of aromatic amines is 1. The summed E-state index contributed by atoms with van der Waals surface area (Å²) < 4.78 is 0. The van der Waals surface area contributed by atoms with E-state index in [1.807, 2.05) is 12.3 Å². The first-order chi connectivity index (χ1) is 13.0. The number of amides is 1. The Balaban J connectivity index is 1.47. The Morgan fingerprint density at radius 2 is 2.19 bits per heavy atom. The van der Waals surface area contributed by atoms with E-state index < -0.39 is 0 Å². The third-order valence-electron chi connectivity index (χ3n) is 6.32. The van der Waals surface area contributed by atoms with Crippen LogP contribution in [-0.4, -0.2) is 27.4 Å². The van der Waals surface area contributed by atoms with Crippen molar-refractivity contribution in [3.8, 4) is 0 Å². The van der Waals surface area contributed by atoms with Crippen LogP contribution in [0.25, 0.3) is 11.0 Å². The predicted molar refractivity (Wildman–Crippen MR) is 107 cm³/mol. The van der Waals surface area contributed by atoms with E-state index >= 15 is 0 Å². The number of carbonyl (C=O) groups is 1. The normalized spacial score (nSPS) is 25.6. The molecule has 27 heavy (non-hydrogen) atoms. The minimum absolute atomic E-state index is 0.251. The monoisotopic (exact) mass is 366 g/mol. The SMILES string of the molecule is CC1=C[C@@H](CNC(=O)C2CC2)[C@H](C(C)C)C[C@H]1Cc1nc2ccncc2[nH]1. The van der Waals surface area contributed by atoms with Crippen LogP contribution < -0.4 is 5.32 Å². The van der Waals surface area contributed by atoms with E-state index in [1.165, 1.54) is 5.57 Å². The van der Waals surface area contributed by atoms with Gasteiger partial charge in [-0.05, 0) is 55.9 Å². The molecule has 144 valence electrons. The number of pyridine rings is 1. The van der Waals surface area contributed by atoms with Crippen molar-refractivity contribution in [3.05, 3.63) is 35.9 Å². The van der Waals surface area contributed by atoms with Crippen LogP contribution in [0.1, 0.15) is 45.9 Å². The van der Waals surface area contributed by atoms with Crippen molar-refractivity contribution in [1.82, 2.24) is 20.3 Å². The number of fused-ring (bicyclic) bond motifs is 1. The lowest BCUT2D eigenvalue weighted by Crippen LogP contribution is -2.37. The minimum atomic E-state index is 0.251. The van der Waals surface area contributed by atoms with Gasteiger partial charge in [-0.2, -0.15) is 0 Å². The van der Waals surface area contributed by atoms with Crippen LogP contribution in [0, 0.1) is 29.6 Å². The number of allylic oxidation sites excluding steroid dienone is 1. The molecule has 2 N–H and O–H groups in total. The van der Waals surface area contributed by atoms with E-state index in [0.29, 0.717) is 23.7 Å². The van der Waals surface area contributed by atoms with Crippen molar-refractivity contribution >= 4 is 16.9 Å². The Kier molecular flexibility index (Phi) is 5.02. The van der Waals surface area contributed by atoms with Crippen LogP contribution in [0.5, 0.6) is 0 Å². The van der Waals surface area contributed by atoms with E-state index in [1.54, 1.807) is 6.20 Å². The predicted octanol–water partition coefficient (Wildman–Crippen LogP) is 3.88. The van der Waals surface area contributed by atoms with Gasteiger partial charge < -0.3 is 10.3 Å². The number of nitrogens with zero attached hydrogens (tertiary/aromatic N) is 2. The number of aromatic nitrogens is 3. The zero-order valence-electron chi connectivity index (χ0n) is 16.5. The van der Waals surface area contributed by atoms with E-state index in [9.17, 15) is 4.79 Å². The minimum Gasteiger partial charge on any atom is -0.355 e. The van der Waals surface area contributed by atoms with E-state index in [-0.39, 0.29) is 11.8 Å². The molecule has 3 atom stereocenters. The van der Waals surface area contributed by atoms with Crippen LogP contribution in [0.4, 0.5) is 0 Å². The van der Waals surface area contributed by atoms with Gasteiger partial charge in [-0.3, -0.25) is 9.78 Å². The molecular weight excluding hydrogens is 336 g/mol. The van der Waals surface area contributed by atoms with Gasteiger partial charge in [-0.15, -0.1) is 0 Å². The number of rotatable bonds is 6. The van der Waals surface area contributed by atoms with Crippen LogP contribution in [0.15, 0.2) is 30.1 Å². The molecule has 2 aliphatic rings. The van der Waals surface area contributed by atoms with Crippen molar-refractivity contribution < 1.29 is 4.79 Å². The zero-order valence-corrected chi connectivity index (χ0v) is 16.5. The number of H-pyrrole nitrogens is 1. The Labute approximate surface area is 161 Å². The van der Waals surface area contributed by atoms with Crippen molar-refractivity contribution in [3.63, 3.8) is 0 Å². The fourth-order valence-corrected chi connectivity index (χ4v) is 4.46. The highest BCUT2D eigenvalue weighted by Gasteiger charge is 2.34. The Hall–Kier alpha value is -2.17. The maximum absolute atomic E-state index is 12.0. The molecule has 0 unspecified atom stereocenters. The molecule has 0 spiro atoms. The lowest BCUT2D eigenvalue weighted by Gasteiger charge is -2.37. The molecular formula is C22H30N4O. The van der Waals surface area contributed by atoms with Gasteiger partial charge in [0.05, 0.1) is 17.2 Å². The second-order valence-electron chi connectivity index (χ2n) is 8.71. The Morgan fingerprint density at radius 1 is 1.37 bits per heavy atom. The van der Waals surface area contributed by atoms with Crippen LogP contribution in [0.3, 0.4) is 0 Å². The molecule has 5 heteroatoms. The summed E-state index contributed by atoms with van der Waals surface area (Å²) >= 11 is 0. The highest BCUT2D eigenvalue weighted by atomic mass is 16.2. The second kappa shape index (κ2) is 7.45. The lowest BCUT2D eigenvalue weighted by atomic mass is 9.69. The quantitative estimate of drug-likeness (QED) is 0.762. The average molecular weight is 367 g/mol. The standard InChI is InChI=1S/C22H30N4O/c1-13(2)18-9-16(10-21-25-19-6-7-23-12-20(19)26-21)14(3)8-17(18)11-24-22(27)15-4-5-15/h6-8,12-13,15-18H,4-5,9-11H2,1-3H3,(H,24,27)(H,25,26)/t16-,17-,18-/m0/s1. The Morgan fingerprint density at radius 3 is 2.89 bits per heavy atom. The summed E-state index contributed by atoms with van der Waals surface area (Å²) in [5, 5.41) is 3.19. The van der Waals surface area contributed by atoms with Crippen molar-refractivity contribution in [2.75, 3.05) is 6.54 Å². The van der Waals surface area contributed by atoms with Crippen LogP contribution in [-0.2, 0) is 11.2 Å². The molecule has 0 aliphatic heterocycles. The van der Waals surface area contributed by atoms with E-state index in [2.05, 4.69) is 42.1 Å². The topological polar surface area (TPSA) is 70.7 Å². The second-order valence-corrected chi connectivity index (χ2v) is 8.71. The number of carbonyl (C=O) groups excluding carboxylic acids is 1. The van der Waals surface area contributed by atoms with Crippen LogP contribution >= 0.6 is 0 Å². The fraction of sp³-hybridized carbons (Fsp3) is 0.591. The molecule has 0 radical (unpaired) electrons. The maximum Gasteiger partial charge on any atom is 0.223 e. The molecule has 1 amide bonds. The molecule has 2 aliphatic carbocycles. The summed E-state index contributed by atoms with van der Waals surface area (Å²) in [7, 11) is 0. The summed E-state index contributed by atoms with van der Waals surface area (Å²) in [4.78, 5) is 24.4. The first kappa shape index (κ1) is 18.2. The summed E-state index contributed by atoms with van der Waals surface area (Å²) in [5.41, 5.74) is 3.42. The number of hydrogen-bond donors (Lipinski definition) is 2. The van der Waals surface area contributed by atoms with Gasteiger partial charge in [0.1, 0.15) is 5.82 Å². The first-order valence-electron chi connectivity index (χ1n) is 10.3. The average Bonchev–Trinajstić information content (AvgIpc) is 3.41. The number of hydrogen-bond acceptors (Lipinski definition) is 3.